The molecule has 2 aromatic carbocycles. The summed E-state index contributed by atoms with van der Waals surface area (Å²) in [7, 11) is -0.762. The Labute approximate surface area is 108 Å². The van der Waals surface area contributed by atoms with Gasteiger partial charge in [-0.15, -0.1) is 4.36 Å². The number of halogens is 1. The maximum atomic E-state index is 13.7. The predicted molar refractivity (Wildman–Crippen MR) is 70.2 cm³/mol. The molecule has 0 fully saturated rings. The second-order valence-corrected chi connectivity index (χ2v) is 5.26. The lowest BCUT2D eigenvalue weighted by Crippen LogP contribution is -1.98. The summed E-state index contributed by atoms with van der Waals surface area (Å²) in [4.78, 5) is 0.489. The number of nitrogens with zero attached hydrogens (tertiary/aromatic N) is 2. The first-order valence-corrected chi connectivity index (χ1v) is 6.75. The normalized spacial score (nSPS) is 12.0. The summed E-state index contributed by atoms with van der Waals surface area (Å²) in [5, 5.41) is 8.73. The second kappa shape index (κ2) is 6.08. The van der Waals surface area contributed by atoms with E-state index < -0.39 is 10.7 Å². The van der Waals surface area contributed by atoms with Gasteiger partial charge in [0.1, 0.15) is 5.82 Å². The van der Waals surface area contributed by atoms with E-state index in [2.05, 4.69) is 4.36 Å². The summed E-state index contributed by atoms with van der Waals surface area (Å²) in [6, 6.07) is 16.1. The minimum Gasteiger partial charge on any atom is -0.206 e. The van der Waals surface area contributed by atoms with E-state index >= 15 is 0 Å². The Morgan fingerprint density at radius 2 is 1.72 bits per heavy atom. The van der Waals surface area contributed by atoms with Crippen molar-refractivity contribution in [2.24, 2.45) is 4.36 Å². The zero-order chi connectivity index (χ0) is 12.8. The van der Waals surface area contributed by atoms with Crippen molar-refractivity contribution in [3.63, 3.8) is 0 Å². The molecule has 0 aliphatic heterocycles. The van der Waals surface area contributed by atoms with Crippen LogP contribution in [0.4, 0.5) is 4.39 Å². The Balaban J connectivity index is 2.35. The number of rotatable bonds is 3. The van der Waals surface area contributed by atoms with Crippen LogP contribution in [0.2, 0.25) is 0 Å². The van der Waals surface area contributed by atoms with Crippen LogP contribution < -0.4 is 0 Å². The lowest BCUT2D eigenvalue weighted by Gasteiger charge is -2.07. The third-order valence-corrected chi connectivity index (χ3v) is 4.14. The van der Waals surface area contributed by atoms with E-state index in [1.165, 1.54) is 6.07 Å². The molecule has 0 saturated heterocycles. The Morgan fingerprint density at radius 1 is 1.06 bits per heavy atom. The van der Waals surface area contributed by atoms with Crippen LogP contribution in [0.1, 0.15) is 5.56 Å². The van der Waals surface area contributed by atoms with Crippen molar-refractivity contribution in [3.8, 4) is 6.19 Å². The molecule has 4 heteroatoms. The Hall–Kier alpha value is -1.99. The molecule has 0 bridgehead atoms. The molecule has 0 radical (unpaired) electrons. The fourth-order valence-corrected chi connectivity index (χ4v) is 3.03. The first kappa shape index (κ1) is 12.5. The lowest BCUT2D eigenvalue weighted by molar-refractivity contribution is 0.601. The molecular weight excluding hydrogens is 247 g/mol. The summed E-state index contributed by atoms with van der Waals surface area (Å²) in [6.45, 7) is 0. The van der Waals surface area contributed by atoms with Crippen molar-refractivity contribution in [2.45, 2.75) is 10.6 Å². The van der Waals surface area contributed by atoms with Gasteiger partial charge >= 0.3 is 0 Å². The minimum absolute atomic E-state index is 0.309. The van der Waals surface area contributed by atoms with Crippen LogP contribution in [-0.4, -0.2) is 0 Å². The maximum absolute atomic E-state index is 13.7. The molecule has 0 N–H and O–H groups in total. The standard InChI is InChI=1S/C14H11FN2S/c15-13-8-4-5-9-14(13)18(17-11-16)10-12-6-2-1-3-7-12/h1-9H,10H2/t18-/m1/s1. The van der Waals surface area contributed by atoms with Crippen LogP contribution in [0.5, 0.6) is 0 Å². The summed E-state index contributed by atoms with van der Waals surface area (Å²) in [5.74, 6) is 0.241. The van der Waals surface area contributed by atoms with Crippen molar-refractivity contribution in [1.82, 2.24) is 0 Å². The SMILES string of the molecule is N#CN=[S@](Cc1ccccc1)c1ccccc1F. The molecule has 0 aromatic heterocycles. The van der Waals surface area contributed by atoms with Crippen LogP contribution in [0.3, 0.4) is 0 Å². The largest absolute Gasteiger partial charge is 0.212 e. The Bertz CT molecular complexity index is 603. The Kier molecular flexibility index (Phi) is 4.21. The molecule has 2 rings (SSSR count). The fraction of sp³-hybridized carbons (Fsp3) is 0.0714. The smallest absolute Gasteiger partial charge is 0.206 e. The highest BCUT2D eigenvalue weighted by atomic mass is 32.2. The van der Waals surface area contributed by atoms with Gasteiger partial charge in [0.25, 0.3) is 0 Å². The van der Waals surface area contributed by atoms with E-state index in [0.29, 0.717) is 10.6 Å². The average Bonchev–Trinajstić information content (AvgIpc) is 2.40. The highest BCUT2D eigenvalue weighted by Crippen LogP contribution is 2.17. The molecule has 2 aromatic rings. The van der Waals surface area contributed by atoms with E-state index in [-0.39, 0.29) is 5.82 Å². The van der Waals surface area contributed by atoms with E-state index in [4.69, 9.17) is 5.26 Å². The highest BCUT2D eigenvalue weighted by Gasteiger charge is 2.08. The molecule has 0 aliphatic rings. The Morgan fingerprint density at radius 3 is 2.39 bits per heavy atom. The lowest BCUT2D eigenvalue weighted by atomic mass is 10.2. The van der Waals surface area contributed by atoms with Gasteiger partial charge in [0.15, 0.2) is 0 Å². The molecule has 18 heavy (non-hydrogen) atoms. The maximum Gasteiger partial charge on any atom is 0.212 e. The summed E-state index contributed by atoms with van der Waals surface area (Å²) >= 11 is 0. The number of nitriles is 1. The van der Waals surface area contributed by atoms with Crippen LogP contribution in [0, 0.1) is 17.3 Å². The van der Waals surface area contributed by atoms with Gasteiger partial charge in [0.2, 0.25) is 6.19 Å². The van der Waals surface area contributed by atoms with Crippen molar-refractivity contribution in [1.29, 1.82) is 5.26 Å². The number of hydrogen-bond acceptors (Lipinski definition) is 2. The fourth-order valence-electron chi connectivity index (χ4n) is 1.58. The summed E-state index contributed by atoms with van der Waals surface area (Å²) in [6.07, 6.45) is 1.78. The van der Waals surface area contributed by atoms with Crippen LogP contribution >= 0.6 is 0 Å². The molecule has 0 amide bonds. The van der Waals surface area contributed by atoms with Gasteiger partial charge in [-0.05, 0) is 28.4 Å². The molecule has 0 unspecified atom stereocenters. The highest BCUT2D eigenvalue weighted by molar-refractivity contribution is 7.86. The molecule has 2 nitrogen and oxygen atoms in total. The van der Waals surface area contributed by atoms with Crippen molar-refractivity contribution in [2.75, 3.05) is 0 Å². The van der Waals surface area contributed by atoms with Gasteiger partial charge in [0, 0.05) is 5.75 Å². The molecular formula is C14H11FN2S. The molecule has 1 atom stereocenters. The van der Waals surface area contributed by atoms with Crippen LogP contribution in [-0.2, 0) is 16.4 Å². The van der Waals surface area contributed by atoms with Gasteiger partial charge in [-0.2, -0.15) is 5.26 Å². The molecule has 0 heterocycles. The zero-order valence-electron chi connectivity index (χ0n) is 9.58. The number of benzene rings is 2. The van der Waals surface area contributed by atoms with E-state index in [1.54, 1.807) is 24.4 Å². The van der Waals surface area contributed by atoms with Gasteiger partial charge in [-0.25, -0.2) is 4.39 Å². The van der Waals surface area contributed by atoms with E-state index in [9.17, 15) is 4.39 Å². The first-order chi connectivity index (χ1) is 8.81. The third kappa shape index (κ3) is 3.02. The van der Waals surface area contributed by atoms with Gasteiger partial charge in [-0.1, -0.05) is 42.5 Å². The van der Waals surface area contributed by atoms with Crippen molar-refractivity contribution >= 4 is 10.7 Å². The van der Waals surface area contributed by atoms with E-state index in [1.807, 2.05) is 30.3 Å². The minimum atomic E-state index is -0.762. The van der Waals surface area contributed by atoms with Crippen LogP contribution in [0.15, 0.2) is 63.9 Å². The quantitative estimate of drug-likeness (QED) is 0.774. The summed E-state index contributed by atoms with van der Waals surface area (Å²) < 4.78 is 17.5. The van der Waals surface area contributed by atoms with E-state index in [0.717, 1.165) is 5.56 Å². The third-order valence-electron chi connectivity index (χ3n) is 2.39. The topological polar surface area (TPSA) is 36.1 Å². The van der Waals surface area contributed by atoms with Gasteiger partial charge in [0.05, 0.1) is 4.90 Å². The molecule has 0 saturated carbocycles. The molecule has 0 aliphatic carbocycles. The van der Waals surface area contributed by atoms with Crippen molar-refractivity contribution < 1.29 is 4.39 Å². The monoisotopic (exact) mass is 258 g/mol. The zero-order valence-corrected chi connectivity index (χ0v) is 10.4. The predicted octanol–water partition coefficient (Wildman–Crippen LogP) is 3.67. The van der Waals surface area contributed by atoms with Crippen LogP contribution in [0.25, 0.3) is 0 Å². The molecule has 0 spiro atoms. The van der Waals surface area contributed by atoms with Gasteiger partial charge < -0.3 is 0 Å². The number of hydrogen-bond donors (Lipinski definition) is 0. The summed E-state index contributed by atoms with van der Waals surface area (Å²) in [5.41, 5.74) is 1.04. The molecule has 90 valence electrons. The van der Waals surface area contributed by atoms with Crippen molar-refractivity contribution in [3.05, 3.63) is 66.0 Å². The second-order valence-electron chi connectivity index (χ2n) is 3.62. The first-order valence-electron chi connectivity index (χ1n) is 5.40. The van der Waals surface area contributed by atoms with Gasteiger partial charge in [-0.3, -0.25) is 0 Å². The average molecular weight is 258 g/mol.